The van der Waals surface area contributed by atoms with Gasteiger partial charge in [0.1, 0.15) is 6.04 Å². The first-order chi connectivity index (χ1) is 7.09. The van der Waals surface area contributed by atoms with Gasteiger partial charge in [0.15, 0.2) is 0 Å². The van der Waals surface area contributed by atoms with Crippen molar-refractivity contribution < 1.29 is 19.8 Å². The second-order valence-corrected chi connectivity index (χ2v) is 2.87. The number of pyridine rings is 1. The van der Waals surface area contributed by atoms with E-state index >= 15 is 0 Å². The average Bonchev–Trinajstić information content (AvgIpc) is 2.17. The van der Waals surface area contributed by atoms with Gasteiger partial charge in [-0.2, -0.15) is 0 Å². The van der Waals surface area contributed by atoms with Gasteiger partial charge in [-0.25, -0.2) is 9.59 Å². The van der Waals surface area contributed by atoms with E-state index in [2.05, 4.69) is 4.98 Å². The maximum Gasteiger partial charge on any atom is 0.405 e. The molecule has 1 aromatic heterocycles. The minimum atomic E-state index is -1.36. The van der Waals surface area contributed by atoms with Crippen LogP contribution in [0.25, 0.3) is 0 Å². The summed E-state index contributed by atoms with van der Waals surface area (Å²) >= 11 is 0. The van der Waals surface area contributed by atoms with Crippen LogP contribution in [-0.2, 0) is 11.2 Å². The van der Waals surface area contributed by atoms with Crippen molar-refractivity contribution in [1.82, 2.24) is 10.3 Å². The zero-order chi connectivity index (χ0) is 11.3. The summed E-state index contributed by atoms with van der Waals surface area (Å²) in [5.41, 5.74) is 0.527. The Morgan fingerprint density at radius 1 is 1.40 bits per heavy atom. The molecular weight excluding hydrogens is 200 g/mol. The average molecular weight is 210 g/mol. The molecule has 0 bridgehead atoms. The number of amides is 1. The molecule has 6 nitrogen and oxygen atoms in total. The van der Waals surface area contributed by atoms with Gasteiger partial charge in [0.2, 0.25) is 0 Å². The molecular formula is C9H10N2O4. The quantitative estimate of drug-likeness (QED) is 0.665. The molecule has 1 amide bonds. The van der Waals surface area contributed by atoms with Crippen molar-refractivity contribution in [2.24, 2.45) is 0 Å². The van der Waals surface area contributed by atoms with E-state index in [0.29, 0.717) is 5.69 Å². The van der Waals surface area contributed by atoms with Gasteiger partial charge in [0.05, 0.1) is 0 Å². The van der Waals surface area contributed by atoms with Crippen molar-refractivity contribution in [3.05, 3.63) is 30.1 Å². The molecule has 0 fully saturated rings. The summed E-state index contributed by atoms with van der Waals surface area (Å²) in [6.45, 7) is 0. The summed E-state index contributed by atoms with van der Waals surface area (Å²) in [7, 11) is 0. The van der Waals surface area contributed by atoms with Gasteiger partial charge in [-0.05, 0) is 12.1 Å². The van der Waals surface area contributed by atoms with Gasteiger partial charge in [-0.1, -0.05) is 6.07 Å². The van der Waals surface area contributed by atoms with Crippen LogP contribution in [0.4, 0.5) is 4.79 Å². The molecule has 0 aromatic carbocycles. The van der Waals surface area contributed by atoms with E-state index in [-0.39, 0.29) is 6.42 Å². The lowest BCUT2D eigenvalue weighted by Gasteiger charge is -2.10. The second kappa shape index (κ2) is 4.94. The molecule has 1 rings (SSSR count). The fourth-order valence-corrected chi connectivity index (χ4v) is 1.08. The maximum absolute atomic E-state index is 10.7. The van der Waals surface area contributed by atoms with E-state index in [0.717, 1.165) is 0 Å². The molecule has 0 radical (unpaired) electrons. The Balaban J connectivity index is 2.67. The minimum Gasteiger partial charge on any atom is -0.480 e. The molecule has 80 valence electrons. The zero-order valence-electron chi connectivity index (χ0n) is 7.75. The summed E-state index contributed by atoms with van der Waals surface area (Å²) in [5.74, 6) is -1.22. The molecule has 0 aliphatic carbocycles. The summed E-state index contributed by atoms with van der Waals surface area (Å²) < 4.78 is 0. The van der Waals surface area contributed by atoms with Gasteiger partial charge in [-0.3, -0.25) is 4.98 Å². The van der Waals surface area contributed by atoms with Gasteiger partial charge < -0.3 is 15.5 Å². The maximum atomic E-state index is 10.7. The monoisotopic (exact) mass is 210 g/mol. The topological polar surface area (TPSA) is 99.5 Å². The van der Waals surface area contributed by atoms with Crippen LogP contribution in [0.3, 0.4) is 0 Å². The van der Waals surface area contributed by atoms with Gasteiger partial charge >= 0.3 is 12.1 Å². The van der Waals surface area contributed by atoms with Gasteiger partial charge in [-0.15, -0.1) is 0 Å². The molecule has 1 atom stereocenters. The third kappa shape index (κ3) is 3.63. The molecule has 0 unspecified atom stereocenters. The lowest BCUT2D eigenvalue weighted by atomic mass is 10.1. The Bertz CT molecular complexity index is 352. The van der Waals surface area contributed by atoms with Crippen LogP contribution in [0.5, 0.6) is 0 Å². The van der Waals surface area contributed by atoms with Gasteiger partial charge in [0, 0.05) is 18.3 Å². The first kappa shape index (κ1) is 11.0. The molecule has 0 aliphatic rings. The number of nitrogens with zero attached hydrogens (tertiary/aromatic N) is 1. The fourth-order valence-electron chi connectivity index (χ4n) is 1.08. The number of rotatable bonds is 4. The number of nitrogens with one attached hydrogen (secondary N) is 1. The number of aliphatic carboxylic acids is 1. The van der Waals surface area contributed by atoms with Crippen LogP contribution in [-0.4, -0.2) is 33.3 Å². The smallest absolute Gasteiger partial charge is 0.405 e. The highest BCUT2D eigenvalue weighted by molar-refractivity contribution is 5.79. The third-order valence-corrected chi connectivity index (χ3v) is 1.74. The number of aromatic nitrogens is 1. The second-order valence-electron chi connectivity index (χ2n) is 2.87. The van der Waals surface area contributed by atoms with Crippen LogP contribution in [0, 0.1) is 0 Å². The molecule has 1 heterocycles. The minimum absolute atomic E-state index is 0.0302. The van der Waals surface area contributed by atoms with E-state index in [1.807, 2.05) is 5.32 Å². The highest BCUT2D eigenvalue weighted by Gasteiger charge is 2.20. The zero-order valence-corrected chi connectivity index (χ0v) is 7.75. The number of carboxylic acid groups (broad SMARTS) is 2. The third-order valence-electron chi connectivity index (χ3n) is 1.74. The Labute approximate surface area is 85.6 Å². The standard InChI is InChI=1S/C9H10N2O4/c12-8(13)7(11-9(14)15)5-6-3-1-2-4-10-6/h1-4,7,11H,5H2,(H,12,13)(H,14,15)/t7-/m0/s1. The largest absolute Gasteiger partial charge is 0.480 e. The Morgan fingerprint density at radius 3 is 2.60 bits per heavy atom. The first-order valence-corrected chi connectivity index (χ1v) is 4.22. The predicted octanol–water partition coefficient (Wildman–Crippen LogP) is 0.345. The Morgan fingerprint density at radius 2 is 2.13 bits per heavy atom. The first-order valence-electron chi connectivity index (χ1n) is 4.22. The SMILES string of the molecule is O=C(O)N[C@@H](Cc1ccccn1)C(=O)O. The number of carbonyl (C=O) groups is 2. The van der Waals surface area contributed by atoms with E-state index < -0.39 is 18.1 Å². The molecule has 0 spiro atoms. The van der Waals surface area contributed by atoms with Crippen molar-refractivity contribution >= 4 is 12.1 Å². The van der Waals surface area contributed by atoms with Crippen LogP contribution in [0.2, 0.25) is 0 Å². The number of carboxylic acids is 1. The summed E-state index contributed by atoms with van der Waals surface area (Å²) in [6.07, 6.45) is 0.190. The Kier molecular flexibility index (Phi) is 3.61. The summed E-state index contributed by atoms with van der Waals surface area (Å²) in [5, 5.41) is 19.1. The van der Waals surface area contributed by atoms with Crippen LogP contribution in [0.1, 0.15) is 5.69 Å². The number of hydrogen-bond donors (Lipinski definition) is 3. The molecule has 0 saturated heterocycles. The van der Waals surface area contributed by atoms with Crippen molar-refractivity contribution in [2.45, 2.75) is 12.5 Å². The lowest BCUT2D eigenvalue weighted by molar-refractivity contribution is -0.139. The number of hydrogen-bond acceptors (Lipinski definition) is 3. The van der Waals surface area contributed by atoms with E-state index in [9.17, 15) is 9.59 Å². The van der Waals surface area contributed by atoms with Crippen molar-refractivity contribution in [1.29, 1.82) is 0 Å². The normalized spacial score (nSPS) is 11.7. The highest BCUT2D eigenvalue weighted by atomic mass is 16.4. The summed E-state index contributed by atoms with van der Waals surface area (Å²) in [6, 6.07) is 3.88. The van der Waals surface area contributed by atoms with E-state index in [4.69, 9.17) is 10.2 Å². The molecule has 15 heavy (non-hydrogen) atoms. The van der Waals surface area contributed by atoms with E-state index in [1.54, 1.807) is 18.2 Å². The molecule has 0 saturated carbocycles. The van der Waals surface area contributed by atoms with Gasteiger partial charge in [0.25, 0.3) is 0 Å². The van der Waals surface area contributed by atoms with Crippen LogP contribution in [0.15, 0.2) is 24.4 Å². The molecule has 3 N–H and O–H groups in total. The lowest BCUT2D eigenvalue weighted by Crippen LogP contribution is -2.41. The molecule has 0 aliphatic heterocycles. The summed E-state index contributed by atoms with van der Waals surface area (Å²) in [4.78, 5) is 24.9. The van der Waals surface area contributed by atoms with Crippen molar-refractivity contribution in [3.8, 4) is 0 Å². The predicted molar refractivity (Wildman–Crippen MR) is 50.5 cm³/mol. The van der Waals surface area contributed by atoms with Crippen molar-refractivity contribution in [3.63, 3.8) is 0 Å². The van der Waals surface area contributed by atoms with Crippen molar-refractivity contribution in [2.75, 3.05) is 0 Å². The highest BCUT2D eigenvalue weighted by Crippen LogP contribution is 1.99. The molecule has 6 heteroatoms. The van der Waals surface area contributed by atoms with E-state index in [1.165, 1.54) is 6.20 Å². The molecule has 1 aromatic rings. The van der Waals surface area contributed by atoms with Crippen LogP contribution >= 0.6 is 0 Å². The van der Waals surface area contributed by atoms with Crippen LogP contribution < -0.4 is 5.32 Å². The Hall–Kier alpha value is -2.11. The fraction of sp³-hybridized carbons (Fsp3) is 0.222.